The van der Waals surface area contributed by atoms with Crippen molar-refractivity contribution >= 4 is 5.97 Å². The molecule has 0 radical (unpaired) electrons. The van der Waals surface area contributed by atoms with E-state index in [1.807, 2.05) is 0 Å². The van der Waals surface area contributed by atoms with Crippen molar-refractivity contribution < 1.29 is 27.8 Å². The van der Waals surface area contributed by atoms with Crippen LogP contribution in [0.1, 0.15) is 18.9 Å². The fraction of sp³-hybridized carbons (Fsp3) is 0.417. The molecule has 0 fully saturated rings. The van der Waals surface area contributed by atoms with Gasteiger partial charge in [0.1, 0.15) is 5.75 Å². The fourth-order valence-corrected chi connectivity index (χ4v) is 1.45. The molecule has 0 spiro atoms. The molecule has 3 nitrogen and oxygen atoms in total. The number of benzene rings is 1. The van der Waals surface area contributed by atoms with Gasteiger partial charge in [-0.05, 0) is 18.1 Å². The summed E-state index contributed by atoms with van der Waals surface area (Å²) in [5, 5.41) is 8.47. The molecule has 0 amide bonds. The minimum absolute atomic E-state index is 0.0728. The molecular formula is C12H13F3O3. The summed E-state index contributed by atoms with van der Waals surface area (Å²) in [4.78, 5) is 10.4. The van der Waals surface area contributed by atoms with Gasteiger partial charge in [-0.25, -0.2) is 0 Å². The molecule has 1 rings (SSSR count). The Labute approximate surface area is 102 Å². The number of halogens is 3. The minimum atomic E-state index is -4.71. The lowest BCUT2D eigenvalue weighted by Gasteiger charge is -2.21. The first-order chi connectivity index (χ1) is 8.34. The second-order valence-electron chi connectivity index (χ2n) is 3.71. The van der Waals surface area contributed by atoms with Crippen LogP contribution in [-0.2, 0) is 11.2 Å². The highest BCUT2D eigenvalue weighted by Crippen LogP contribution is 2.29. The van der Waals surface area contributed by atoms with E-state index in [1.165, 1.54) is 6.07 Å². The third-order valence-corrected chi connectivity index (χ3v) is 2.35. The van der Waals surface area contributed by atoms with Crippen molar-refractivity contribution in [2.75, 3.05) is 0 Å². The predicted octanol–water partition coefficient (Wildman–Crippen LogP) is 3.03. The van der Waals surface area contributed by atoms with E-state index in [2.05, 4.69) is 0 Å². The number of rotatable bonds is 5. The molecule has 100 valence electrons. The summed E-state index contributed by atoms with van der Waals surface area (Å²) in [6, 6.07) is 6.27. The van der Waals surface area contributed by atoms with Crippen LogP contribution in [0.3, 0.4) is 0 Å². The molecule has 0 saturated carbocycles. The van der Waals surface area contributed by atoms with Gasteiger partial charge in [0.05, 0.1) is 6.42 Å². The van der Waals surface area contributed by atoms with Gasteiger partial charge in [0.2, 0.25) is 6.10 Å². The van der Waals surface area contributed by atoms with E-state index in [4.69, 9.17) is 9.84 Å². The van der Waals surface area contributed by atoms with Crippen LogP contribution in [0.25, 0.3) is 0 Å². The number of alkyl halides is 3. The smallest absolute Gasteiger partial charge is 0.426 e. The van der Waals surface area contributed by atoms with E-state index >= 15 is 0 Å². The van der Waals surface area contributed by atoms with E-state index in [9.17, 15) is 18.0 Å². The second kappa shape index (κ2) is 5.75. The number of carboxylic acids is 1. The number of aryl methyl sites for hydroxylation is 1. The lowest BCUT2D eigenvalue weighted by atomic mass is 10.1. The molecule has 0 aliphatic carbocycles. The van der Waals surface area contributed by atoms with Crippen LogP contribution in [0.5, 0.6) is 5.75 Å². The van der Waals surface area contributed by atoms with Gasteiger partial charge in [-0.3, -0.25) is 4.79 Å². The van der Waals surface area contributed by atoms with Gasteiger partial charge in [-0.15, -0.1) is 0 Å². The number of para-hydroxylation sites is 1. The summed E-state index contributed by atoms with van der Waals surface area (Å²) < 4.78 is 42.6. The molecule has 1 aromatic rings. The molecule has 6 heteroatoms. The van der Waals surface area contributed by atoms with E-state index < -0.39 is 24.7 Å². The van der Waals surface area contributed by atoms with Crippen molar-refractivity contribution in [1.29, 1.82) is 0 Å². The van der Waals surface area contributed by atoms with Crippen LogP contribution >= 0.6 is 0 Å². The zero-order chi connectivity index (χ0) is 13.8. The Balaban J connectivity index is 2.92. The molecule has 0 saturated heterocycles. The van der Waals surface area contributed by atoms with Gasteiger partial charge < -0.3 is 9.84 Å². The van der Waals surface area contributed by atoms with Crippen molar-refractivity contribution in [2.45, 2.75) is 32.0 Å². The summed E-state index contributed by atoms with van der Waals surface area (Å²) in [6.45, 7) is 1.78. The standard InChI is InChI=1S/C12H13F3O3/c1-2-8-5-3-4-6-9(8)18-10(7-11(16)17)12(13,14)15/h3-6,10H,2,7H2,1H3,(H,16,17). The van der Waals surface area contributed by atoms with Crippen molar-refractivity contribution in [3.05, 3.63) is 29.8 Å². The van der Waals surface area contributed by atoms with Gasteiger partial charge in [-0.2, -0.15) is 13.2 Å². The highest BCUT2D eigenvalue weighted by molar-refractivity contribution is 5.67. The Morgan fingerprint density at radius 1 is 1.39 bits per heavy atom. The Morgan fingerprint density at radius 3 is 2.50 bits per heavy atom. The lowest BCUT2D eigenvalue weighted by Crippen LogP contribution is -2.36. The Morgan fingerprint density at radius 2 is 2.00 bits per heavy atom. The topological polar surface area (TPSA) is 46.5 Å². The van der Waals surface area contributed by atoms with Crippen molar-refractivity contribution in [3.63, 3.8) is 0 Å². The molecule has 1 atom stereocenters. The Bertz CT molecular complexity index is 415. The van der Waals surface area contributed by atoms with Crippen LogP contribution in [0.4, 0.5) is 13.2 Å². The van der Waals surface area contributed by atoms with E-state index in [0.29, 0.717) is 12.0 Å². The fourth-order valence-electron chi connectivity index (χ4n) is 1.45. The number of carbonyl (C=O) groups is 1. The molecule has 0 aliphatic rings. The Hall–Kier alpha value is -1.72. The molecule has 1 aromatic carbocycles. The van der Waals surface area contributed by atoms with Crippen molar-refractivity contribution in [3.8, 4) is 5.75 Å². The van der Waals surface area contributed by atoms with Crippen LogP contribution in [0.2, 0.25) is 0 Å². The maximum atomic E-state index is 12.6. The third-order valence-electron chi connectivity index (χ3n) is 2.35. The van der Waals surface area contributed by atoms with Gasteiger partial charge in [-0.1, -0.05) is 25.1 Å². The maximum Gasteiger partial charge on any atom is 0.426 e. The summed E-state index contributed by atoms with van der Waals surface area (Å²) in [5.41, 5.74) is 0.608. The number of carboxylic acid groups (broad SMARTS) is 1. The van der Waals surface area contributed by atoms with Gasteiger partial charge in [0.25, 0.3) is 0 Å². The monoisotopic (exact) mass is 262 g/mol. The van der Waals surface area contributed by atoms with Gasteiger partial charge in [0, 0.05) is 0 Å². The van der Waals surface area contributed by atoms with Crippen molar-refractivity contribution in [2.24, 2.45) is 0 Å². The third kappa shape index (κ3) is 3.94. The first-order valence-electron chi connectivity index (χ1n) is 5.37. The Kier molecular flexibility index (Phi) is 4.58. The van der Waals surface area contributed by atoms with Gasteiger partial charge in [0.15, 0.2) is 0 Å². The second-order valence-corrected chi connectivity index (χ2v) is 3.71. The lowest BCUT2D eigenvalue weighted by molar-refractivity contribution is -0.200. The highest BCUT2D eigenvalue weighted by atomic mass is 19.4. The summed E-state index contributed by atoms with van der Waals surface area (Å²) >= 11 is 0. The minimum Gasteiger partial charge on any atom is -0.481 e. The maximum absolute atomic E-state index is 12.6. The largest absolute Gasteiger partial charge is 0.481 e. The molecule has 0 aromatic heterocycles. The predicted molar refractivity (Wildman–Crippen MR) is 58.5 cm³/mol. The zero-order valence-electron chi connectivity index (χ0n) is 9.70. The van der Waals surface area contributed by atoms with Crippen LogP contribution in [0.15, 0.2) is 24.3 Å². The average molecular weight is 262 g/mol. The van der Waals surface area contributed by atoms with Crippen LogP contribution < -0.4 is 4.74 Å². The summed E-state index contributed by atoms with van der Waals surface area (Å²) in [5.74, 6) is -1.48. The highest BCUT2D eigenvalue weighted by Gasteiger charge is 2.43. The number of aliphatic carboxylic acids is 1. The molecule has 18 heavy (non-hydrogen) atoms. The molecule has 1 unspecified atom stereocenters. The van der Waals surface area contributed by atoms with Crippen molar-refractivity contribution in [1.82, 2.24) is 0 Å². The number of hydrogen-bond acceptors (Lipinski definition) is 2. The summed E-state index contributed by atoms with van der Waals surface area (Å²) in [6.07, 6.45) is -7.64. The normalized spacial score (nSPS) is 13.1. The van der Waals surface area contributed by atoms with Crippen LogP contribution in [0, 0.1) is 0 Å². The van der Waals surface area contributed by atoms with E-state index in [0.717, 1.165) is 0 Å². The molecule has 0 aliphatic heterocycles. The van der Waals surface area contributed by atoms with E-state index in [-0.39, 0.29) is 5.75 Å². The first kappa shape index (κ1) is 14.3. The molecule has 0 heterocycles. The summed E-state index contributed by atoms with van der Waals surface area (Å²) in [7, 11) is 0. The number of hydrogen-bond donors (Lipinski definition) is 1. The van der Waals surface area contributed by atoms with Gasteiger partial charge >= 0.3 is 12.1 Å². The zero-order valence-corrected chi connectivity index (χ0v) is 9.70. The quantitative estimate of drug-likeness (QED) is 0.887. The first-order valence-corrected chi connectivity index (χ1v) is 5.37. The number of ether oxygens (including phenoxy) is 1. The molecule has 1 N–H and O–H groups in total. The average Bonchev–Trinajstić information content (AvgIpc) is 2.27. The van der Waals surface area contributed by atoms with E-state index in [1.54, 1.807) is 25.1 Å². The SMILES string of the molecule is CCc1ccccc1OC(CC(=O)O)C(F)(F)F. The molecular weight excluding hydrogens is 249 g/mol. The molecule has 0 bridgehead atoms. The van der Waals surface area contributed by atoms with Crippen LogP contribution in [-0.4, -0.2) is 23.4 Å².